The first-order valence-electron chi connectivity index (χ1n) is 5.56. The fourth-order valence-electron chi connectivity index (χ4n) is 1.93. The molecule has 0 N–H and O–H groups in total. The summed E-state index contributed by atoms with van der Waals surface area (Å²) in [5, 5.41) is 5.23. The maximum atomic E-state index is 12.1. The summed E-state index contributed by atoms with van der Waals surface area (Å²) in [6.07, 6.45) is 1.32. The Kier molecular flexibility index (Phi) is 3.38. The van der Waals surface area contributed by atoms with Crippen LogP contribution in [0.2, 0.25) is 15.2 Å². The quantitative estimate of drug-likeness (QED) is 0.685. The molecule has 0 bridgehead atoms. The van der Waals surface area contributed by atoms with E-state index in [0.29, 0.717) is 31.8 Å². The van der Waals surface area contributed by atoms with Crippen molar-refractivity contribution >= 4 is 40.3 Å². The van der Waals surface area contributed by atoms with Crippen LogP contribution in [0, 0.1) is 0 Å². The van der Waals surface area contributed by atoms with Crippen LogP contribution in [0.15, 0.2) is 41.5 Å². The Balaban J connectivity index is 2.40. The second kappa shape index (κ2) is 5.05. The predicted octanol–water partition coefficient (Wildman–Crippen LogP) is 3.72. The molecule has 0 aliphatic rings. The second-order valence-corrected chi connectivity index (χ2v) is 5.27. The van der Waals surface area contributed by atoms with Crippen LogP contribution in [-0.2, 0) is 0 Å². The maximum Gasteiger partial charge on any atom is 0.281 e. The third kappa shape index (κ3) is 2.26. The zero-order valence-corrected chi connectivity index (χ0v) is 12.1. The standard InChI is InChI=1S/C13H6Cl3N3O/c14-7-1-2-8(9(15)5-7)12-10-3-4-11(16)18-19(10)6-17-13(12)20/h1-6H. The molecule has 0 saturated carbocycles. The molecule has 20 heavy (non-hydrogen) atoms. The lowest BCUT2D eigenvalue weighted by atomic mass is 10.1. The van der Waals surface area contributed by atoms with Crippen molar-refractivity contribution < 1.29 is 0 Å². The zero-order chi connectivity index (χ0) is 14.3. The molecule has 0 amide bonds. The molecule has 0 radical (unpaired) electrons. The van der Waals surface area contributed by atoms with Gasteiger partial charge in [0.15, 0.2) is 0 Å². The molecule has 2 aromatic heterocycles. The molecule has 0 unspecified atom stereocenters. The first-order valence-corrected chi connectivity index (χ1v) is 6.69. The number of nitrogens with zero attached hydrogens (tertiary/aromatic N) is 3. The van der Waals surface area contributed by atoms with Gasteiger partial charge < -0.3 is 0 Å². The highest BCUT2D eigenvalue weighted by Crippen LogP contribution is 2.30. The van der Waals surface area contributed by atoms with Crippen molar-refractivity contribution in [3.8, 4) is 11.1 Å². The minimum Gasteiger partial charge on any atom is -0.267 e. The Morgan fingerprint density at radius 1 is 1.05 bits per heavy atom. The molecule has 0 aliphatic heterocycles. The number of rotatable bonds is 1. The molecule has 3 rings (SSSR count). The number of halogens is 3. The van der Waals surface area contributed by atoms with Gasteiger partial charge in [-0.2, -0.15) is 10.1 Å². The third-order valence-electron chi connectivity index (χ3n) is 2.78. The van der Waals surface area contributed by atoms with Crippen LogP contribution in [-0.4, -0.2) is 14.6 Å². The van der Waals surface area contributed by atoms with Crippen LogP contribution < -0.4 is 5.56 Å². The van der Waals surface area contributed by atoms with Gasteiger partial charge in [-0.15, -0.1) is 0 Å². The van der Waals surface area contributed by atoms with E-state index < -0.39 is 5.56 Å². The highest BCUT2D eigenvalue weighted by Gasteiger charge is 2.13. The molecule has 2 heterocycles. The van der Waals surface area contributed by atoms with Crippen molar-refractivity contribution in [3.63, 3.8) is 0 Å². The molecule has 0 aliphatic carbocycles. The summed E-state index contributed by atoms with van der Waals surface area (Å²) in [6, 6.07) is 8.21. The molecule has 0 atom stereocenters. The van der Waals surface area contributed by atoms with E-state index in [2.05, 4.69) is 10.1 Å². The first kappa shape index (κ1) is 13.4. The van der Waals surface area contributed by atoms with E-state index in [1.807, 2.05) is 0 Å². The lowest BCUT2D eigenvalue weighted by Crippen LogP contribution is -2.13. The van der Waals surface area contributed by atoms with Crippen LogP contribution >= 0.6 is 34.8 Å². The van der Waals surface area contributed by atoms with Crippen molar-refractivity contribution in [1.82, 2.24) is 14.6 Å². The van der Waals surface area contributed by atoms with Gasteiger partial charge in [0, 0.05) is 10.6 Å². The zero-order valence-electron chi connectivity index (χ0n) is 9.85. The largest absolute Gasteiger partial charge is 0.281 e. The van der Waals surface area contributed by atoms with Gasteiger partial charge in [-0.3, -0.25) is 4.79 Å². The van der Waals surface area contributed by atoms with Crippen molar-refractivity contribution in [2.75, 3.05) is 0 Å². The van der Waals surface area contributed by atoms with Crippen LogP contribution in [0.3, 0.4) is 0 Å². The van der Waals surface area contributed by atoms with Crippen LogP contribution in [0.4, 0.5) is 0 Å². The normalized spacial score (nSPS) is 10.9. The Hall–Kier alpha value is -1.62. The van der Waals surface area contributed by atoms with E-state index in [4.69, 9.17) is 34.8 Å². The second-order valence-electron chi connectivity index (χ2n) is 4.03. The van der Waals surface area contributed by atoms with Gasteiger partial charge in [-0.25, -0.2) is 4.52 Å². The molecule has 0 fully saturated rings. The SMILES string of the molecule is O=c1ncn2nc(Cl)ccc2c1-c1ccc(Cl)cc1Cl. The smallest absolute Gasteiger partial charge is 0.267 e. The van der Waals surface area contributed by atoms with Gasteiger partial charge in [0.05, 0.1) is 16.1 Å². The van der Waals surface area contributed by atoms with Crippen molar-refractivity contribution in [2.45, 2.75) is 0 Å². The number of hydrogen-bond acceptors (Lipinski definition) is 3. The minimum absolute atomic E-state index is 0.302. The summed E-state index contributed by atoms with van der Waals surface area (Å²) in [6.45, 7) is 0. The molecule has 100 valence electrons. The molecule has 4 nitrogen and oxygen atoms in total. The van der Waals surface area contributed by atoms with Crippen molar-refractivity contribution in [2.24, 2.45) is 0 Å². The summed E-state index contributed by atoms with van der Waals surface area (Å²) in [5.74, 6) is 0. The predicted molar refractivity (Wildman–Crippen MR) is 79.7 cm³/mol. The van der Waals surface area contributed by atoms with Gasteiger partial charge in [-0.1, -0.05) is 40.9 Å². The van der Waals surface area contributed by atoms with E-state index in [9.17, 15) is 4.79 Å². The maximum absolute atomic E-state index is 12.1. The topological polar surface area (TPSA) is 47.3 Å². The van der Waals surface area contributed by atoms with E-state index >= 15 is 0 Å². The summed E-state index contributed by atoms with van der Waals surface area (Å²) in [7, 11) is 0. The van der Waals surface area contributed by atoms with E-state index in [0.717, 1.165) is 0 Å². The van der Waals surface area contributed by atoms with Crippen LogP contribution in [0.5, 0.6) is 0 Å². The lowest BCUT2D eigenvalue weighted by molar-refractivity contribution is 0.884. The Morgan fingerprint density at radius 2 is 1.85 bits per heavy atom. The van der Waals surface area contributed by atoms with Crippen molar-refractivity contribution in [3.05, 3.63) is 62.2 Å². The Labute approximate surface area is 128 Å². The van der Waals surface area contributed by atoms with E-state index in [1.54, 1.807) is 30.3 Å². The number of aromatic nitrogens is 3. The minimum atomic E-state index is -0.390. The van der Waals surface area contributed by atoms with Gasteiger partial charge in [-0.05, 0) is 24.3 Å². The Bertz CT molecular complexity index is 876. The number of benzene rings is 1. The number of hydrogen-bond donors (Lipinski definition) is 0. The molecular weight excluding hydrogens is 321 g/mol. The van der Waals surface area contributed by atoms with Gasteiger partial charge in [0.2, 0.25) is 0 Å². The fourth-order valence-corrected chi connectivity index (χ4v) is 2.57. The fraction of sp³-hybridized carbons (Fsp3) is 0. The third-order valence-corrected chi connectivity index (χ3v) is 3.53. The molecule has 0 saturated heterocycles. The van der Waals surface area contributed by atoms with Gasteiger partial charge in [0.25, 0.3) is 5.56 Å². The van der Waals surface area contributed by atoms with E-state index in [1.165, 1.54) is 10.8 Å². The molecule has 7 heteroatoms. The Morgan fingerprint density at radius 3 is 2.60 bits per heavy atom. The highest BCUT2D eigenvalue weighted by molar-refractivity contribution is 6.36. The van der Waals surface area contributed by atoms with E-state index in [-0.39, 0.29) is 0 Å². The molecule has 1 aromatic carbocycles. The average Bonchev–Trinajstić information content (AvgIpc) is 2.40. The van der Waals surface area contributed by atoms with Gasteiger partial charge in [0.1, 0.15) is 11.5 Å². The average molecular weight is 327 g/mol. The van der Waals surface area contributed by atoms with Crippen LogP contribution in [0.25, 0.3) is 16.6 Å². The molecule has 3 aromatic rings. The first-order chi connectivity index (χ1) is 9.56. The monoisotopic (exact) mass is 325 g/mol. The summed E-state index contributed by atoms with van der Waals surface area (Å²) < 4.78 is 1.43. The van der Waals surface area contributed by atoms with Gasteiger partial charge >= 0.3 is 0 Å². The molecule has 0 spiro atoms. The summed E-state index contributed by atoms with van der Waals surface area (Å²) in [4.78, 5) is 15.9. The summed E-state index contributed by atoms with van der Waals surface area (Å²) in [5.41, 5.74) is 1.09. The summed E-state index contributed by atoms with van der Waals surface area (Å²) >= 11 is 17.9. The highest BCUT2D eigenvalue weighted by atomic mass is 35.5. The van der Waals surface area contributed by atoms with Crippen molar-refractivity contribution in [1.29, 1.82) is 0 Å². The lowest BCUT2D eigenvalue weighted by Gasteiger charge is -2.08. The number of fused-ring (bicyclic) bond motifs is 1. The van der Waals surface area contributed by atoms with Crippen LogP contribution in [0.1, 0.15) is 0 Å². The molecular formula is C13H6Cl3N3O.